The fourth-order valence-electron chi connectivity index (χ4n) is 1.32. The maximum absolute atomic E-state index is 12.7. The van der Waals surface area contributed by atoms with Crippen LogP contribution in [-0.2, 0) is 21.0 Å². The highest BCUT2D eigenvalue weighted by molar-refractivity contribution is 7.90. The van der Waals surface area contributed by atoms with Gasteiger partial charge in [-0.3, -0.25) is 14.9 Å². The molecule has 1 aromatic carbocycles. The van der Waals surface area contributed by atoms with E-state index in [1.807, 2.05) is 0 Å². The van der Waals surface area contributed by atoms with Crippen LogP contribution in [0, 0.1) is 16.0 Å². The molecule has 0 spiro atoms. The van der Waals surface area contributed by atoms with Crippen molar-refractivity contribution in [1.29, 1.82) is 0 Å². The molecule has 1 aromatic rings. The van der Waals surface area contributed by atoms with E-state index in [4.69, 9.17) is 0 Å². The van der Waals surface area contributed by atoms with Gasteiger partial charge >= 0.3 is 6.18 Å². The number of halogens is 3. The first-order chi connectivity index (χ1) is 9.84. The Hall–Kier alpha value is -2.17. The van der Waals surface area contributed by atoms with Crippen LogP contribution in [0.25, 0.3) is 0 Å². The van der Waals surface area contributed by atoms with Gasteiger partial charge in [0.25, 0.3) is 15.7 Å². The summed E-state index contributed by atoms with van der Waals surface area (Å²) in [4.78, 5) is 19.9. The van der Waals surface area contributed by atoms with Crippen LogP contribution in [0.4, 0.5) is 18.9 Å². The lowest BCUT2D eigenvalue weighted by atomic mass is 10.2. The lowest BCUT2D eigenvalue weighted by Crippen LogP contribution is -2.33. The number of carbonyl (C=O) groups excluding carboxylic acids is 1. The van der Waals surface area contributed by atoms with Crippen LogP contribution in [0.1, 0.15) is 19.4 Å². The largest absolute Gasteiger partial charge is 0.416 e. The highest BCUT2D eigenvalue weighted by Gasteiger charge is 2.34. The molecule has 1 N–H and O–H groups in total. The molecule has 0 aliphatic rings. The summed E-state index contributed by atoms with van der Waals surface area (Å²) in [6.07, 6.45) is -4.97. The van der Waals surface area contributed by atoms with Gasteiger partial charge in [0.05, 0.1) is 15.4 Å². The highest BCUT2D eigenvalue weighted by atomic mass is 32.2. The predicted molar refractivity (Wildman–Crippen MR) is 68.3 cm³/mol. The van der Waals surface area contributed by atoms with E-state index in [0.29, 0.717) is 6.07 Å². The van der Waals surface area contributed by atoms with Crippen molar-refractivity contribution in [3.63, 3.8) is 0 Å². The third-order valence-corrected chi connectivity index (χ3v) is 3.83. The summed E-state index contributed by atoms with van der Waals surface area (Å²) in [5.41, 5.74) is -2.55. The van der Waals surface area contributed by atoms with Crippen LogP contribution in [0.5, 0.6) is 0 Å². The molecule has 0 bridgehead atoms. The van der Waals surface area contributed by atoms with Gasteiger partial charge in [0, 0.05) is 18.1 Å². The summed E-state index contributed by atoms with van der Waals surface area (Å²) in [5.74, 6) is -1.68. The molecule has 0 heterocycles. The number of rotatable bonds is 4. The smallest absolute Gasteiger partial charge is 0.274 e. The van der Waals surface area contributed by atoms with E-state index in [9.17, 15) is 36.5 Å². The van der Waals surface area contributed by atoms with Crippen LogP contribution in [0.3, 0.4) is 0 Å². The van der Waals surface area contributed by atoms with E-state index in [1.54, 1.807) is 4.72 Å². The minimum absolute atomic E-state index is 0.212. The first-order valence-corrected chi connectivity index (χ1v) is 7.26. The number of alkyl halides is 3. The van der Waals surface area contributed by atoms with E-state index < -0.39 is 49.1 Å². The van der Waals surface area contributed by atoms with Crippen molar-refractivity contribution in [2.45, 2.75) is 24.9 Å². The van der Waals surface area contributed by atoms with E-state index in [-0.39, 0.29) is 12.1 Å². The molecule has 11 heteroatoms. The van der Waals surface area contributed by atoms with Crippen LogP contribution in [0.15, 0.2) is 23.1 Å². The molecule has 0 aromatic heterocycles. The second kappa shape index (κ2) is 5.91. The monoisotopic (exact) mass is 340 g/mol. The van der Waals surface area contributed by atoms with Gasteiger partial charge in [-0.2, -0.15) is 13.2 Å². The summed E-state index contributed by atoms with van der Waals surface area (Å²) >= 11 is 0. The zero-order valence-electron chi connectivity index (χ0n) is 11.3. The van der Waals surface area contributed by atoms with Gasteiger partial charge in [0.15, 0.2) is 0 Å². The minimum atomic E-state index is -4.97. The first kappa shape index (κ1) is 17.9. The molecule has 0 fully saturated rings. The topological polar surface area (TPSA) is 106 Å². The van der Waals surface area contributed by atoms with Gasteiger partial charge < -0.3 is 0 Å². The summed E-state index contributed by atoms with van der Waals surface area (Å²) < 4.78 is 63.4. The number of non-ortho nitro benzene ring substituents is 1. The zero-order chi connectivity index (χ0) is 17.3. The second-order valence-corrected chi connectivity index (χ2v) is 6.28. The number of nitro benzene ring substituents is 1. The SMILES string of the molecule is CC(C)C(=O)NS(=O)(=O)c1cc([N+](=O)[O-])cc(C(F)(F)F)c1. The maximum atomic E-state index is 12.7. The quantitative estimate of drug-likeness (QED) is 0.667. The van der Waals surface area contributed by atoms with Crippen molar-refractivity contribution >= 4 is 21.6 Å². The standard InChI is InChI=1S/C11H11F3N2O5S/c1-6(2)10(17)15-22(20,21)9-4-7(11(12,13)14)3-8(5-9)16(18)19/h3-6H,1-2H3,(H,15,17). The molecular formula is C11H11F3N2O5S. The number of nitro groups is 1. The van der Waals surface area contributed by atoms with E-state index in [0.717, 1.165) is 0 Å². The summed E-state index contributed by atoms with van der Waals surface area (Å²) in [7, 11) is -4.65. The Morgan fingerprint density at radius 2 is 1.82 bits per heavy atom. The van der Waals surface area contributed by atoms with E-state index in [2.05, 4.69) is 0 Å². The van der Waals surface area contributed by atoms with Gasteiger partial charge in [-0.05, 0) is 6.07 Å². The normalized spacial score (nSPS) is 12.3. The predicted octanol–water partition coefficient (Wildman–Crippen LogP) is 2.07. The van der Waals surface area contributed by atoms with Gasteiger partial charge in [-0.15, -0.1) is 0 Å². The molecular weight excluding hydrogens is 329 g/mol. The summed E-state index contributed by atoms with van der Waals surface area (Å²) in [6.45, 7) is 2.75. The summed E-state index contributed by atoms with van der Waals surface area (Å²) in [5, 5.41) is 10.6. The average molecular weight is 340 g/mol. The number of sulfonamides is 1. The molecule has 0 aliphatic carbocycles. The number of hydrogen-bond acceptors (Lipinski definition) is 5. The Labute approximate surface area is 123 Å². The molecule has 22 heavy (non-hydrogen) atoms. The van der Waals surface area contributed by atoms with Crippen LogP contribution >= 0.6 is 0 Å². The second-order valence-electron chi connectivity index (χ2n) is 4.59. The van der Waals surface area contributed by atoms with Crippen LogP contribution in [0.2, 0.25) is 0 Å². The number of carbonyl (C=O) groups is 1. The fraction of sp³-hybridized carbons (Fsp3) is 0.364. The molecule has 0 saturated carbocycles. The number of hydrogen-bond donors (Lipinski definition) is 1. The third kappa shape index (κ3) is 4.16. The minimum Gasteiger partial charge on any atom is -0.274 e. The molecule has 1 rings (SSSR count). The zero-order valence-corrected chi connectivity index (χ0v) is 12.2. The lowest BCUT2D eigenvalue weighted by molar-refractivity contribution is -0.385. The van der Waals surface area contributed by atoms with Gasteiger partial charge in [-0.25, -0.2) is 13.1 Å². The van der Waals surface area contributed by atoms with E-state index in [1.165, 1.54) is 13.8 Å². The molecule has 0 unspecified atom stereocenters. The van der Waals surface area contributed by atoms with Crippen molar-refractivity contribution in [3.8, 4) is 0 Å². The number of amides is 1. The lowest BCUT2D eigenvalue weighted by Gasteiger charge is -2.11. The molecule has 0 atom stereocenters. The van der Waals surface area contributed by atoms with E-state index >= 15 is 0 Å². The van der Waals surface area contributed by atoms with Gasteiger partial charge in [0.1, 0.15) is 0 Å². The Kier molecular flexibility index (Phi) is 4.80. The molecule has 122 valence electrons. The summed E-state index contributed by atoms with van der Waals surface area (Å²) in [6, 6.07) is 0.886. The number of benzene rings is 1. The molecule has 0 radical (unpaired) electrons. The van der Waals surface area contributed by atoms with Crippen LogP contribution < -0.4 is 4.72 Å². The fourth-order valence-corrected chi connectivity index (χ4v) is 2.49. The molecule has 0 saturated heterocycles. The Bertz CT molecular complexity index is 713. The highest BCUT2D eigenvalue weighted by Crippen LogP contribution is 2.33. The van der Waals surface area contributed by atoms with Crippen molar-refractivity contribution in [3.05, 3.63) is 33.9 Å². The Morgan fingerprint density at radius 1 is 1.27 bits per heavy atom. The number of nitrogens with one attached hydrogen (secondary N) is 1. The average Bonchev–Trinajstić information content (AvgIpc) is 2.36. The molecule has 1 amide bonds. The Balaban J connectivity index is 3.43. The Morgan fingerprint density at radius 3 is 2.23 bits per heavy atom. The van der Waals surface area contributed by atoms with Crippen molar-refractivity contribution < 1.29 is 31.3 Å². The maximum Gasteiger partial charge on any atom is 0.416 e. The van der Waals surface area contributed by atoms with Gasteiger partial charge in [-0.1, -0.05) is 13.8 Å². The molecule has 0 aliphatic heterocycles. The van der Waals surface area contributed by atoms with Gasteiger partial charge in [0.2, 0.25) is 5.91 Å². The van der Waals surface area contributed by atoms with Crippen molar-refractivity contribution in [2.24, 2.45) is 5.92 Å². The number of nitrogens with zero attached hydrogens (tertiary/aromatic N) is 1. The van der Waals surface area contributed by atoms with Crippen molar-refractivity contribution in [2.75, 3.05) is 0 Å². The third-order valence-electron chi connectivity index (χ3n) is 2.50. The van der Waals surface area contributed by atoms with Crippen LogP contribution in [-0.4, -0.2) is 19.2 Å². The molecule has 7 nitrogen and oxygen atoms in total. The van der Waals surface area contributed by atoms with Crippen molar-refractivity contribution in [1.82, 2.24) is 4.72 Å². The first-order valence-electron chi connectivity index (χ1n) is 5.78.